The Hall–Kier alpha value is -4.51. The number of hydrogen-bond acceptors (Lipinski definition) is 5. The van der Waals surface area contributed by atoms with E-state index in [-0.39, 0.29) is 18.1 Å². The van der Waals surface area contributed by atoms with Gasteiger partial charge < -0.3 is 19.7 Å². The standard InChI is InChI=1S/C29H24O5/c1-2-27(32)33-19-26(22-15-9-16-23(30)28(22)20-11-5-3-6-12-20)34-25-18-10-17-24(31)29(25)21-13-7-4-8-14-21/h2-18,26,30-31H,1,19H2. The van der Waals surface area contributed by atoms with Crippen molar-refractivity contribution in [3.8, 4) is 39.5 Å². The molecule has 0 saturated carbocycles. The summed E-state index contributed by atoms with van der Waals surface area (Å²) >= 11 is 0. The molecule has 0 aromatic heterocycles. The molecule has 5 heteroatoms. The van der Waals surface area contributed by atoms with Gasteiger partial charge in [0.05, 0.1) is 5.56 Å². The second-order valence-corrected chi connectivity index (χ2v) is 7.56. The Bertz CT molecular complexity index is 1280. The van der Waals surface area contributed by atoms with Crippen molar-refractivity contribution < 1.29 is 24.5 Å². The molecule has 0 amide bonds. The van der Waals surface area contributed by atoms with Crippen molar-refractivity contribution >= 4 is 5.97 Å². The minimum absolute atomic E-state index is 0.0599. The second kappa shape index (κ2) is 10.4. The van der Waals surface area contributed by atoms with Gasteiger partial charge in [0, 0.05) is 17.2 Å². The molecule has 4 aromatic rings. The molecular formula is C29H24O5. The zero-order valence-electron chi connectivity index (χ0n) is 18.4. The summed E-state index contributed by atoms with van der Waals surface area (Å²) in [5, 5.41) is 21.4. The number of esters is 1. The minimum Gasteiger partial charge on any atom is -0.507 e. The number of rotatable bonds is 8. The number of benzene rings is 4. The fourth-order valence-electron chi connectivity index (χ4n) is 3.82. The van der Waals surface area contributed by atoms with Crippen molar-refractivity contribution in [3.63, 3.8) is 0 Å². The van der Waals surface area contributed by atoms with Gasteiger partial charge in [-0.2, -0.15) is 0 Å². The van der Waals surface area contributed by atoms with Crippen LogP contribution in [0.3, 0.4) is 0 Å². The molecule has 170 valence electrons. The molecule has 0 saturated heterocycles. The predicted octanol–water partition coefficient (Wildman–Crippen LogP) is 6.28. The molecule has 0 aliphatic heterocycles. The van der Waals surface area contributed by atoms with Crippen molar-refractivity contribution in [3.05, 3.63) is 115 Å². The van der Waals surface area contributed by atoms with E-state index in [0.29, 0.717) is 22.4 Å². The summed E-state index contributed by atoms with van der Waals surface area (Å²) < 4.78 is 11.8. The maximum atomic E-state index is 11.9. The van der Waals surface area contributed by atoms with Gasteiger partial charge >= 0.3 is 5.97 Å². The lowest BCUT2D eigenvalue weighted by molar-refractivity contribution is -0.140. The van der Waals surface area contributed by atoms with Gasteiger partial charge in [-0.05, 0) is 29.3 Å². The van der Waals surface area contributed by atoms with Crippen LogP contribution in [0.15, 0.2) is 110 Å². The Morgan fingerprint density at radius 2 is 1.32 bits per heavy atom. The molecule has 0 bridgehead atoms. The molecular weight excluding hydrogens is 428 g/mol. The first kappa shape index (κ1) is 22.7. The molecule has 5 nitrogen and oxygen atoms in total. The van der Waals surface area contributed by atoms with E-state index in [1.807, 2.05) is 66.7 Å². The monoisotopic (exact) mass is 452 g/mol. The lowest BCUT2D eigenvalue weighted by atomic mass is 9.95. The molecule has 0 aliphatic rings. The molecule has 0 fully saturated rings. The van der Waals surface area contributed by atoms with Crippen LogP contribution in [0.4, 0.5) is 0 Å². The number of phenolic OH excluding ortho intramolecular Hbond substituents is 2. The fourth-order valence-corrected chi connectivity index (χ4v) is 3.82. The van der Waals surface area contributed by atoms with Crippen LogP contribution in [0.2, 0.25) is 0 Å². The molecule has 2 N–H and O–H groups in total. The van der Waals surface area contributed by atoms with Crippen molar-refractivity contribution in [2.24, 2.45) is 0 Å². The third kappa shape index (κ3) is 4.94. The van der Waals surface area contributed by atoms with Crippen LogP contribution in [0.5, 0.6) is 17.2 Å². The number of carbonyl (C=O) groups excluding carboxylic acids is 1. The zero-order chi connectivity index (χ0) is 23.9. The Labute approximate surface area is 198 Å². The summed E-state index contributed by atoms with van der Waals surface area (Å²) in [7, 11) is 0. The first-order chi connectivity index (χ1) is 16.6. The van der Waals surface area contributed by atoms with Crippen LogP contribution in [0.25, 0.3) is 22.3 Å². The maximum Gasteiger partial charge on any atom is 0.330 e. The van der Waals surface area contributed by atoms with E-state index in [1.54, 1.807) is 30.3 Å². The van der Waals surface area contributed by atoms with Crippen LogP contribution < -0.4 is 4.74 Å². The lowest BCUT2D eigenvalue weighted by Crippen LogP contribution is -2.18. The first-order valence-corrected chi connectivity index (χ1v) is 10.8. The van der Waals surface area contributed by atoms with Crippen LogP contribution in [-0.4, -0.2) is 22.8 Å². The lowest BCUT2D eigenvalue weighted by Gasteiger charge is -2.24. The first-order valence-electron chi connectivity index (χ1n) is 10.8. The fraction of sp³-hybridized carbons (Fsp3) is 0.0690. The molecule has 1 unspecified atom stereocenters. The van der Waals surface area contributed by atoms with Crippen molar-refractivity contribution in [1.82, 2.24) is 0 Å². The van der Waals surface area contributed by atoms with Crippen molar-refractivity contribution in [2.45, 2.75) is 6.10 Å². The largest absolute Gasteiger partial charge is 0.507 e. The van der Waals surface area contributed by atoms with Crippen molar-refractivity contribution in [1.29, 1.82) is 0 Å². The van der Waals surface area contributed by atoms with E-state index >= 15 is 0 Å². The van der Waals surface area contributed by atoms with E-state index in [1.165, 1.54) is 0 Å². The van der Waals surface area contributed by atoms with E-state index < -0.39 is 12.1 Å². The average Bonchev–Trinajstić information content (AvgIpc) is 2.87. The van der Waals surface area contributed by atoms with Gasteiger partial charge in [-0.1, -0.05) is 85.4 Å². The molecule has 0 heterocycles. The molecule has 1 atom stereocenters. The van der Waals surface area contributed by atoms with Crippen LogP contribution in [0, 0.1) is 0 Å². The second-order valence-electron chi connectivity index (χ2n) is 7.56. The number of ether oxygens (including phenoxy) is 2. The van der Waals surface area contributed by atoms with Crippen LogP contribution in [-0.2, 0) is 9.53 Å². The highest BCUT2D eigenvalue weighted by Gasteiger charge is 2.24. The summed E-state index contributed by atoms with van der Waals surface area (Å²) in [4.78, 5) is 11.9. The van der Waals surface area contributed by atoms with Crippen molar-refractivity contribution in [2.75, 3.05) is 6.61 Å². The molecule has 0 aliphatic carbocycles. The molecule has 4 aromatic carbocycles. The van der Waals surface area contributed by atoms with Crippen LogP contribution >= 0.6 is 0 Å². The Kier molecular flexibility index (Phi) is 6.94. The Morgan fingerprint density at radius 3 is 1.94 bits per heavy atom. The predicted molar refractivity (Wildman–Crippen MR) is 132 cm³/mol. The van der Waals surface area contributed by atoms with Gasteiger partial charge in [-0.15, -0.1) is 0 Å². The third-order valence-electron chi connectivity index (χ3n) is 5.36. The molecule has 0 radical (unpaired) electrons. The van der Waals surface area contributed by atoms with E-state index in [2.05, 4.69) is 6.58 Å². The number of hydrogen-bond donors (Lipinski definition) is 2. The third-order valence-corrected chi connectivity index (χ3v) is 5.36. The zero-order valence-corrected chi connectivity index (χ0v) is 18.4. The number of carbonyl (C=O) groups is 1. The summed E-state index contributed by atoms with van der Waals surface area (Å²) in [5.74, 6) is -0.0429. The van der Waals surface area contributed by atoms with Gasteiger partial charge in [0.2, 0.25) is 0 Å². The SMILES string of the molecule is C=CC(=O)OCC(Oc1cccc(O)c1-c1ccccc1)c1cccc(O)c1-c1ccccc1. The molecule has 0 spiro atoms. The Morgan fingerprint density at radius 1 is 0.765 bits per heavy atom. The van der Waals surface area contributed by atoms with Gasteiger partial charge in [0.1, 0.15) is 23.9 Å². The van der Waals surface area contributed by atoms with Gasteiger partial charge in [-0.3, -0.25) is 0 Å². The van der Waals surface area contributed by atoms with E-state index in [4.69, 9.17) is 9.47 Å². The van der Waals surface area contributed by atoms with Gasteiger partial charge in [0.25, 0.3) is 0 Å². The number of phenols is 2. The smallest absolute Gasteiger partial charge is 0.330 e. The van der Waals surface area contributed by atoms with Gasteiger partial charge in [-0.25, -0.2) is 4.79 Å². The molecule has 4 rings (SSSR count). The summed E-state index contributed by atoms with van der Waals surface area (Å²) in [6.45, 7) is 3.32. The average molecular weight is 453 g/mol. The van der Waals surface area contributed by atoms with Gasteiger partial charge in [0.15, 0.2) is 6.10 Å². The van der Waals surface area contributed by atoms with E-state index in [9.17, 15) is 15.0 Å². The molecule has 34 heavy (non-hydrogen) atoms. The summed E-state index contributed by atoms with van der Waals surface area (Å²) in [6, 6.07) is 28.9. The Balaban J connectivity index is 1.82. The summed E-state index contributed by atoms with van der Waals surface area (Å²) in [6.07, 6.45) is 0.303. The summed E-state index contributed by atoms with van der Waals surface area (Å²) in [5.41, 5.74) is 3.29. The van der Waals surface area contributed by atoms with E-state index in [0.717, 1.165) is 17.2 Å². The minimum atomic E-state index is -0.782. The maximum absolute atomic E-state index is 11.9. The topological polar surface area (TPSA) is 76.0 Å². The van der Waals surface area contributed by atoms with Crippen LogP contribution in [0.1, 0.15) is 11.7 Å². The highest BCUT2D eigenvalue weighted by molar-refractivity contribution is 5.81. The highest BCUT2D eigenvalue weighted by atomic mass is 16.6. The number of aromatic hydroxyl groups is 2. The highest BCUT2D eigenvalue weighted by Crippen LogP contribution is 2.42. The quantitative estimate of drug-likeness (QED) is 0.243. The normalized spacial score (nSPS) is 11.4.